The van der Waals surface area contributed by atoms with Crippen molar-refractivity contribution in [2.45, 2.75) is 35.5 Å². The first-order valence-electron chi connectivity index (χ1n) is 11.6. The van der Waals surface area contributed by atoms with Gasteiger partial charge in [-0.2, -0.15) is 0 Å². The van der Waals surface area contributed by atoms with Gasteiger partial charge in [0, 0.05) is 11.4 Å². The molecule has 0 radical (unpaired) electrons. The van der Waals surface area contributed by atoms with Gasteiger partial charge in [0.25, 0.3) is 0 Å². The van der Waals surface area contributed by atoms with E-state index in [1.807, 2.05) is 72.2 Å². The fourth-order valence-electron chi connectivity index (χ4n) is 3.87. The van der Waals surface area contributed by atoms with Crippen molar-refractivity contribution in [2.75, 3.05) is 11.1 Å². The monoisotopic (exact) mass is 531 g/mol. The zero-order valence-electron chi connectivity index (χ0n) is 20.0. The highest BCUT2D eigenvalue weighted by Crippen LogP contribution is 2.32. The minimum Gasteiger partial charge on any atom is -0.325 e. The van der Waals surface area contributed by atoms with E-state index < -0.39 is 0 Å². The van der Waals surface area contributed by atoms with Crippen LogP contribution in [-0.2, 0) is 17.0 Å². The van der Waals surface area contributed by atoms with E-state index in [4.69, 9.17) is 4.98 Å². The van der Waals surface area contributed by atoms with Gasteiger partial charge in [0.05, 0.1) is 21.7 Å². The number of anilines is 1. The van der Waals surface area contributed by atoms with Crippen LogP contribution >= 0.6 is 34.9 Å². The summed E-state index contributed by atoms with van der Waals surface area (Å²) in [7, 11) is 0. The number of thioether (sulfide) groups is 2. The van der Waals surface area contributed by atoms with Crippen molar-refractivity contribution in [3.63, 3.8) is 0 Å². The highest BCUT2D eigenvalue weighted by atomic mass is 32.2. The maximum atomic E-state index is 12.9. The minimum absolute atomic E-state index is 0.0583. The van der Waals surface area contributed by atoms with Gasteiger partial charge >= 0.3 is 0 Å². The molecule has 36 heavy (non-hydrogen) atoms. The number of nitrogens with zero attached hydrogens (tertiary/aromatic N) is 4. The highest BCUT2D eigenvalue weighted by Gasteiger charge is 2.18. The molecule has 6 nitrogen and oxygen atoms in total. The Kier molecular flexibility index (Phi) is 7.69. The summed E-state index contributed by atoms with van der Waals surface area (Å²) in [6, 6.07) is 24.3. The maximum Gasteiger partial charge on any atom is 0.234 e. The summed E-state index contributed by atoms with van der Waals surface area (Å²) in [5, 5.41) is 12.7. The second-order valence-electron chi connectivity index (χ2n) is 8.11. The van der Waals surface area contributed by atoms with Gasteiger partial charge in [0.15, 0.2) is 9.50 Å². The molecule has 182 valence electrons. The van der Waals surface area contributed by atoms with E-state index in [0.717, 1.165) is 44.6 Å². The zero-order valence-corrected chi connectivity index (χ0v) is 22.4. The molecule has 1 N–H and O–H groups in total. The molecule has 0 bridgehead atoms. The molecular formula is C27H25N5OS3. The molecule has 0 atom stereocenters. The number of aromatic nitrogens is 4. The van der Waals surface area contributed by atoms with Crippen LogP contribution in [0.4, 0.5) is 5.69 Å². The van der Waals surface area contributed by atoms with Gasteiger partial charge in [-0.15, -0.1) is 21.5 Å². The lowest BCUT2D eigenvalue weighted by atomic mass is 10.1. The lowest BCUT2D eigenvalue weighted by molar-refractivity contribution is -0.113. The Bertz CT molecular complexity index is 1460. The summed E-state index contributed by atoms with van der Waals surface area (Å²) in [5.41, 5.74) is 5.08. The lowest BCUT2D eigenvalue weighted by Gasteiger charge is -2.13. The van der Waals surface area contributed by atoms with Crippen LogP contribution in [0, 0.1) is 6.92 Å². The van der Waals surface area contributed by atoms with E-state index >= 15 is 0 Å². The molecule has 0 fully saturated rings. The average molecular weight is 532 g/mol. The van der Waals surface area contributed by atoms with Crippen LogP contribution in [0.2, 0.25) is 0 Å². The summed E-state index contributed by atoms with van der Waals surface area (Å²) in [4.78, 5) is 17.6. The van der Waals surface area contributed by atoms with Crippen molar-refractivity contribution in [1.29, 1.82) is 0 Å². The second-order valence-corrected chi connectivity index (χ2v) is 11.3. The van der Waals surface area contributed by atoms with Gasteiger partial charge in [0.2, 0.25) is 5.91 Å². The third-order valence-corrected chi connectivity index (χ3v) is 8.75. The molecule has 3 aromatic carbocycles. The summed E-state index contributed by atoms with van der Waals surface area (Å²) < 4.78 is 4.20. The number of thiazole rings is 1. The number of para-hydroxylation sites is 3. The first-order chi connectivity index (χ1) is 17.6. The largest absolute Gasteiger partial charge is 0.325 e. The lowest BCUT2D eigenvalue weighted by Crippen LogP contribution is -2.16. The smallest absolute Gasteiger partial charge is 0.234 e. The Morgan fingerprint density at radius 1 is 0.972 bits per heavy atom. The number of carbonyl (C=O) groups excluding carboxylic acids is 1. The number of amides is 1. The summed E-state index contributed by atoms with van der Waals surface area (Å²) in [5.74, 6) is 1.63. The Balaban J connectivity index is 1.33. The van der Waals surface area contributed by atoms with Crippen molar-refractivity contribution in [1.82, 2.24) is 19.7 Å². The van der Waals surface area contributed by atoms with Gasteiger partial charge < -0.3 is 5.32 Å². The molecule has 0 unspecified atom stereocenters. The molecule has 5 aromatic rings. The molecule has 0 aliphatic carbocycles. The van der Waals surface area contributed by atoms with E-state index in [9.17, 15) is 4.79 Å². The first kappa shape index (κ1) is 24.5. The molecule has 0 spiro atoms. The maximum absolute atomic E-state index is 12.9. The van der Waals surface area contributed by atoms with E-state index in [1.165, 1.54) is 16.5 Å². The van der Waals surface area contributed by atoms with E-state index in [0.29, 0.717) is 10.9 Å². The van der Waals surface area contributed by atoms with Gasteiger partial charge in [-0.3, -0.25) is 9.36 Å². The number of hydrogen-bond acceptors (Lipinski definition) is 7. The summed E-state index contributed by atoms with van der Waals surface area (Å²) in [6.45, 7) is 4.11. The van der Waals surface area contributed by atoms with Crippen LogP contribution in [-0.4, -0.2) is 31.4 Å². The Morgan fingerprint density at radius 3 is 2.58 bits per heavy atom. The van der Waals surface area contributed by atoms with Crippen LogP contribution in [0.25, 0.3) is 15.9 Å². The molecule has 2 heterocycles. The predicted octanol–water partition coefficient (Wildman–Crippen LogP) is 6.77. The molecule has 5 rings (SSSR count). The summed E-state index contributed by atoms with van der Waals surface area (Å²) >= 11 is 4.72. The molecule has 0 saturated heterocycles. The Morgan fingerprint density at radius 2 is 1.78 bits per heavy atom. The van der Waals surface area contributed by atoms with Gasteiger partial charge in [0.1, 0.15) is 5.82 Å². The standard InChI is InChI=1S/C27H25N5OS3/c1-3-19-11-9-10-18(2)25(19)29-24(33)17-34-26-31-30-23(32(26)20-12-5-4-6-13-20)16-35-27-28-21-14-7-8-15-22(21)36-27/h4-15H,3,16-17H2,1-2H3,(H,29,33). The van der Waals surface area contributed by atoms with Crippen molar-refractivity contribution >= 4 is 56.7 Å². The van der Waals surface area contributed by atoms with Crippen molar-refractivity contribution < 1.29 is 4.79 Å². The van der Waals surface area contributed by atoms with Crippen LogP contribution < -0.4 is 5.32 Å². The van der Waals surface area contributed by atoms with Crippen LogP contribution in [0.3, 0.4) is 0 Å². The van der Waals surface area contributed by atoms with E-state index in [1.54, 1.807) is 23.1 Å². The Hall–Kier alpha value is -3.14. The SMILES string of the molecule is CCc1cccc(C)c1NC(=O)CSc1nnc(CSc2nc3ccccc3s2)n1-c1ccccc1. The number of rotatable bonds is 9. The molecule has 0 aliphatic heterocycles. The van der Waals surface area contributed by atoms with Crippen LogP contribution in [0.1, 0.15) is 23.9 Å². The van der Waals surface area contributed by atoms with Crippen molar-refractivity contribution in [3.05, 3.63) is 89.7 Å². The number of aryl methyl sites for hydroxylation is 2. The van der Waals surface area contributed by atoms with Gasteiger partial charge in [-0.05, 0) is 48.7 Å². The molecular weight excluding hydrogens is 507 g/mol. The fourth-order valence-corrected chi connectivity index (χ4v) is 6.62. The quantitative estimate of drug-likeness (QED) is 0.212. The second kappa shape index (κ2) is 11.3. The normalized spacial score (nSPS) is 11.2. The highest BCUT2D eigenvalue weighted by molar-refractivity contribution is 8.00. The molecule has 0 aliphatic rings. The molecule has 0 saturated carbocycles. The van der Waals surface area contributed by atoms with E-state index in [2.05, 4.69) is 34.6 Å². The van der Waals surface area contributed by atoms with Crippen molar-refractivity contribution in [2.24, 2.45) is 0 Å². The van der Waals surface area contributed by atoms with Crippen LogP contribution in [0.5, 0.6) is 0 Å². The fraction of sp³-hybridized carbons (Fsp3) is 0.185. The molecule has 2 aromatic heterocycles. The molecule has 1 amide bonds. The van der Waals surface area contributed by atoms with Crippen molar-refractivity contribution in [3.8, 4) is 5.69 Å². The number of hydrogen-bond donors (Lipinski definition) is 1. The van der Waals surface area contributed by atoms with Gasteiger partial charge in [-0.25, -0.2) is 4.98 Å². The Labute approximate surface area is 222 Å². The number of fused-ring (bicyclic) bond motifs is 1. The minimum atomic E-state index is -0.0583. The van der Waals surface area contributed by atoms with E-state index in [-0.39, 0.29) is 11.7 Å². The number of nitrogens with one attached hydrogen (secondary N) is 1. The molecule has 9 heteroatoms. The third kappa shape index (κ3) is 5.48. The van der Waals surface area contributed by atoms with Gasteiger partial charge in [-0.1, -0.05) is 79.0 Å². The summed E-state index contributed by atoms with van der Waals surface area (Å²) in [6.07, 6.45) is 0.864. The zero-order chi connectivity index (χ0) is 24.9. The number of benzene rings is 3. The topological polar surface area (TPSA) is 72.7 Å². The number of carbonyl (C=O) groups is 1. The third-order valence-electron chi connectivity index (χ3n) is 5.65. The first-order valence-corrected chi connectivity index (χ1v) is 14.4. The average Bonchev–Trinajstić information content (AvgIpc) is 3.51. The van der Waals surface area contributed by atoms with Crippen LogP contribution in [0.15, 0.2) is 82.3 Å². The predicted molar refractivity (Wildman–Crippen MR) is 150 cm³/mol.